The quantitative estimate of drug-likeness (QED) is 0.733. The Morgan fingerprint density at radius 3 is 2.18 bits per heavy atom. The summed E-state index contributed by atoms with van der Waals surface area (Å²) in [5.74, 6) is -0.128. The van der Waals surface area contributed by atoms with Crippen molar-refractivity contribution in [1.29, 1.82) is 0 Å². The first kappa shape index (κ1) is 20.2. The predicted molar refractivity (Wildman–Crippen MR) is 101 cm³/mol. The normalized spacial score (nSPS) is 13.8. The van der Waals surface area contributed by atoms with Gasteiger partial charge in [-0.1, -0.05) is 6.07 Å². The molecule has 0 aromatic heterocycles. The van der Waals surface area contributed by atoms with Gasteiger partial charge in [0.2, 0.25) is 0 Å². The Kier molecular flexibility index (Phi) is 5.11. The van der Waals surface area contributed by atoms with Gasteiger partial charge in [-0.05, 0) is 36.8 Å². The second kappa shape index (κ2) is 7.10. The first-order chi connectivity index (χ1) is 13.0. The summed E-state index contributed by atoms with van der Waals surface area (Å²) in [5, 5.41) is 0. The summed E-state index contributed by atoms with van der Waals surface area (Å²) in [5.41, 5.74) is 0.452. The maximum absolute atomic E-state index is 12.9. The van der Waals surface area contributed by atoms with Crippen molar-refractivity contribution in [3.63, 3.8) is 0 Å². The summed E-state index contributed by atoms with van der Waals surface area (Å²) < 4.78 is 60.7. The number of sulfonamides is 1. The average Bonchev–Trinajstić information content (AvgIpc) is 2.65. The van der Waals surface area contributed by atoms with Gasteiger partial charge in [-0.3, -0.25) is 4.79 Å². The molecule has 0 radical (unpaired) electrons. The van der Waals surface area contributed by atoms with E-state index in [1.807, 2.05) is 0 Å². The van der Waals surface area contributed by atoms with Gasteiger partial charge in [0.05, 0.1) is 9.79 Å². The average molecular weight is 425 g/mol. The number of rotatable bonds is 4. The van der Waals surface area contributed by atoms with E-state index in [1.165, 1.54) is 36.4 Å². The number of carbonyl (C=O) groups excluding carboxylic acids is 1. The van der Waals surface area contributed by atoms with Crippen LogP contribution in [0.3, 0.4) is 0 Å². The van der Waals surface area contributed by atoms with Crippen molar-refractivity contribution in [3.05, 3.63) is 47.5 Å². The molecule has 8 nitrogen and oxygen atoms in total. The second-order valence-corrected chi connectivity index (χ2v) is 10.3. The molecule has 3 rings (SSSR count). The number of benzene rings is 2. The van der Waals surface area contributed by atoms with Crippen LogP contribution < -0.4 is 9.47 Å². The number of hydrogen-bond acceptors (Lipinski definition) is 7. The van der Waals surface area contributed by atoms with Gasteiger partial charge < -0.3 is 9.47 Å². The second-order valence-electron chi connectivity index (χ2n) is 6.33. The van der Waals surface area contributed by atoms with Crippen LogP contribution >= 0.6 is 0 Å². The van der Waals surface area contributed by atoms with Crippen LogP contribution in [-0.4, -0.2) is 53.6 Å². The first-order valence-electron chi connectivity index (χ1n) is 8.25. The fraction of sp³-hybridized carbons (Fsp3) is 0.278. The summed E-state index contributed by atoms with van der Waals surface area (Å²) in [7, 11) is -6.61. The molecule has 0 atom stereocenters. The standard InChI is InChI=1S/C18H19NO7S2/c1-12-4-5-13(27(3,21)22)10-15(12)18(20)19(2)28(23,24)14-6-7-16-17(11-14)26-9-8-25-16/h4-7,10-11H,8-9H2,1-3H3. The van der Waals surface area contributed by atoms with Crippen molar-refractivity contribution in [2.45, 2.75) is 16.7 Å². The van der Waals surface area contributed by atoms with Crippen LogP contribution in [0.4, 0.5) is 0 Å². The molecule has 10 heteroatoms. The summed E-state index contributed by atoms with van der Waals surface area (Å²) in [6.07, 6.45) is 1.02. The van der Waals surface area contributed by atoms with Crippen molar-refractivity contribution < 1.29 is 31.1 Å². The van der Waals surface area contributed by atoms with Crippen molar-refractivity contribution in [3.8, 4) is 11.5 Å². The first-order valence-corrected chi connectivity index (χ1v) is 11.6. The molecule has 0 fully saturated rings. The highest BCUT2D eigenvalue weighted by Crippen LogP contribution is 2.33. The Morgan fingerprint density at radius 2 is 1.54 bits per heavy atom. The smallest absolute Gasteiger partial charge is 0.267 e. The van der Waals surface area contributed by atoms with E-state index in [2.05, 4.69) is 0 Å². The number of aryl methyl sites for hydroxylation is 1. The molecule has 0 N–H and O–H groups in total. The Balaban J connectivity index is 1.99. The number of nitrogens with zero attached hydrogens (tertiary/aromatic N) is 1. The van der Waals surface area contributed by atoms with Crippen LogP contribution in [0.2, 0.25) is 0 Å². The van der Waals surface area contributed by atoms with Crippen molar-refractivity contribution >= 4 is 25.8 Å². The van der Waals surface area contributed by atoms with E-state index in [1.54, 1.807) is 6.92 Å². The molecule has 0 bridgehead atoms. The van der Waals surface area contributed by atoms with Crippen LogP contribution in [0.15, 0.2) is 46.2 Å². The van der Waals surface area contributed by atoms with Crippen LogP contribution in [0.5, 0.6) is 11.5 Å². The topological polar surface area (TPSA) is 107 Å². The highest BCUT2D eigenvalue weighted by Gasteiger charge is 2.29. The van der Waals surface area contributed by atoms with Crippen LogP contribution in [0.1, 0.15) is 15.9 Å². The van der Waals surface area contributed by atoms with Gasteiger partial charge >= 0.3 is 0 Å². The third-order valence-electron chi connectivity index (χ3n) is 4.33. The van der Waals surface area contributed by atoms with Gasteiger partial charge in [0.1, 0.15) is 13.2 Å². The van der Waals surface area contributed by atoms with Crippen molar-refractivity contribution in [1.82, 2.24) is 4.31 Å². The van der Waals surface area contributed by atoms with Gasteiger partial charge in [0.25, 0.3) is 15.9 Å². The van der Waals surface area contributed by atoms with E-state index in [-0.39, 0.29) is 21.1 Å². The van der Waals surface area contributed by atoms with Crippen LogP contribution in [0, 0.1) is 6.92 Å². The van der Waals surface area contributed by atoms with E-state index < -0.39 is 25.8 Å². The van der Waals surface area contributed by atoms with Crippen molar-refractivity contribution in [2.75, 3.05) is 26.5 Å². The zero-order chi connectivity index (χ0) is 20.7. The molecule has 0 aliphatic carbocycles. The Bertz CT molecular complexity index is 1150. The van der Waals surface area contributed by atoms with Gasteiger partial charge in [0.15, 0.2) is 21.3 Å². The lowest BCUT2D eigenvalue weighted by atomic mass is 10.1. The lowest BCUT2D eigenvalue weighted by Gasteiger charge is -2.22. The molecule has 28 heavy (non-hydrogen) atoms. The zero-order valence-corrected chi connectivity index (χ0v) is 17.1. The summed E-state index contributed by atoms with van der Waals surface area (Å²) >= 11 is 0. The molecule has 1 amide bonds. The molecule has 2 aromatic rings. The van der Waals surface area contributed by atoms with E-state index in [9.17, 15) is 21.6 Å². The summed E-state index contributed by atoms with van der Waals surface area (Å²) in [6, 6.07) is 8.11. The summed E-state index contributed by atoms with van der Waals surface area (Å²) in [6.45, 7) is 2.26. The van der Waals surface area contributed by atoms with Crippen LogP contribution in [0.25, 0.3) is 0 Å². The SMILES string of the molecule is Cc1ccc(S(C)(=O)=O)cc1C(=O)N(C)S(=O)(=O)c1ccc2c(c1)OCCO2. The molecule has 2 aromatic carbocycles. The molecule has 0 saturated carbocycles. The van der Waals surface area contributed by atoms with Gasteiger partial charge in [-0.2, -0.15) is 0 Å². The number of amides is 1. The Labute approximate surface area is 163 Å². The van der Waals surface area contributed by atoms with Gasteiger partial charge in [-0.25, -0.2) is 21.1 Å². The van der Waals surface area contributed by atoms with Gasteiger partial charge in [-0.15, -0.1) is 0 Å². The molecule has 0 spiro atoms. The third-order valence-corrected chi connectivity index (χ3v) is 7.17. The maximum atomic E-state index is 12.9. The number of ether oxygens (including phenoxy) is 2. The minimum atomic E-state index is -4.19. The third kappa shape index (κ3) is 3.69. The molecule has 0 unspecified atom stereocenters. The largest absolute Gasteiger partial charge is 0.486 e. The maximum Gasteiger partial charge on any atom is 0.267 e. The lowest BCUT2D eigenvalue weighted by molar-refractivity contribution is 0.0882. The zero-order valence-electron chi connectivity index (χ0n) is 15.5. The predicted octanol–water partition coefficient (Wildman–Crippen LogP) is 1.63. The molecular formula is C18H19NO7S2. The van der Waals surface area contributed by atoms with Crippen molar-refractivity contribution in [2.24, 2.45) is 0 Å². The fourth-order valence-corrected chi connectivity index (χ4v) is 4.46. The lowest BCUT2D eigenvalue weighted by Crippen LogP contribution is -2.34. The molecule has 150 valence electrons. The van der Waals surface area contributed by atoms with Crippen LogP contribution in [-0.2, 0) is 19.9 Å². The number of fused-ring (bicyclic) bond motifs is 1. The summed E-state index contributed by atoms with van der Waals surface area (Å²) in [4.78, 5) is 12.7. The Hall–Kier alpha value is -2.59. The highest BCUT2D eigenvalue weighted by molar-refractivity contribution is 7.90. The van der Waals surface area contributed by atoms with E-state index >= 15 is 0 Å². The van der Waals surface area contributed by atoms with E-state index in [0.717, 1.165) is 13.3 Å². The molecular weight excluding hydrogens is 406 g/mol. The highest BCUT2D eigenvalue weighted by atomic mass is 32.2. The molecule has 1 heterocycles. The fourth-order valence-electron chi connectivity index (χ4n) is 2.68. The minimum Gasteiger partial charge on any atom is -0.486 e. The molecule has 1 aliphatic rings. The minimum absolute atomic E-state index is 0.00783. The number of carbonyl (C=O) groups is 1. The molecule has 0 saturated heterocycles. The van der Waals surface area contributed by atoms with Gasteiger partial charge in [0, 0.05) is 24.9 Å². The number of sulfone groups is 1. The monoisotopic (exact) mass is 425 g/mol. The Morgan fingerprint density at radius 1 is 0.929 bits per heavy atom. The van der Waals surface area contributed by atoms with E-state index in [4.69, 9.17) is 9.47 Å². The molecule has 1 aliphatic heterocycles. The van der Waals surface area contributed by atoms with E-state index in [0.29, 0.717) is 28.8 Å². The number of hydrogen-bond donors (Lipinski definition) is 0.